The van der Waals surface area contributed by atoms with Crippen molar-refractivity contribution in [1.29, 1.82) is 5.26 Å². The van der Waals surface area contributed by atoms with Gasteiger partial charge in [-0.15, -0.1) is 30.5 Å². The number of Topliss-reactive ketones (excluding diaryl/α,β-unsaturated/α-hetero) is 5. The molecule has 0 radical (unpaired) electrons. The Bertz CT molecular complexity index is 2090. The highest BCUT2D eigenvalue weighted by molar-refractivity contribution is 7.92. The van der Waals surface area contributed by atoms with Crippen LogP contribution in [0.25, 0.3) is 0 Å². The highest BCUT2D eigenvalue weighted by Gasteiger charge is 2.17. The van der Waals surface area contributed by atoms with E-state index in [0.29, 0.717) is 11.8 Å². The Hall–Kier alpha value is -5.20. The molecule has 15 nitrogen and oxygen atoms in total. The van der Waals surface area contributed by atoms with Crippen LogP contribution in [0.1, 0.15) is 206 Å². The summed E-state index contributed by atoms with van der Waals surface area (Å²) in [5.41, 5.74) is -0.247. The van der Waals surface area contributed by atoms with Crippen molar-refractivity contribution >= 4 is 68.1 Å². The Kier molecular flexibility index (Phi) is 63.9. The van der Waals surface area contributed by atoms with Crippen molar-refractivity contribution in [3.05, 3.63) is 62.1 Å². The van der Waals surface area contributed by atoms with Crippen LogP contribution in [-0.2, 0) is 48.4 Å². The summed E-state index contributed by atoms with van der Waals surface area (Å²) in [6.07, 6.45) is 13.8. The number of nitrogens with zero attached hydrogens (tertiary/aromatic N) is 2. The number of nitrogens with one attached hydrogen (secondary N) is 3. The number of likely N-dealkylation sites (N-methyl/N-ethyl adjacent to an activating group) is 1. The molecule has 0 bridgehead atoms. The number of hydrogen-bond donors (Lipinski definition) is 3. The van der Waals surface area contributed by atoms with E-state index in [1.165, 1.54) is 19.1 Å². The van der Waals surface area contributed by atoms with Crippen molar-refractivity contribution in [3.63, 3.8) is 0 Å². The number of amides is 2. The lowest BCUT2D eigenvalue weighted by molar-refractivity contribution is -0.128. The van der Waals surface area contributed by atoms with E-state index in [-0.39, 0.29) is 111 Å². The summed E-state index contributed by atoms with van der Waals surface area (Å²) in [4.78, 5) is 86.6. The van der Waals surface area contributed by atoms with Gasteiger partial charge >= 0.3 is 0 Å². The molecule has 0 aliphatic carbocycles. The minimum absolute atomic E-state index is 0.00565. The number of halogens is 2. The van der Waals surface area contributed by atoms with Gasteiger partial charge in [-0.25, -0.2) is 17.5 Å². The summed E-state index contributed by atoms with van der Waals surface area (Å²) in [5, 5.41) is 14.5. The zero-order valence-corrected chi connectivity index (χ0v) is 59.6. The topological polar surface area (TPSA) is 234 Å². The summed E-state index contributed by atoms with van der Waals surface area (Å²) >= 11 is 5.20. The van der Waals surface area contributed by atoms with E-state index >= 15 is 0 Å². The summed E-state index contributed by atoms with van der Waals surface area (Å²) in [6.45, 7) is 64.6. The number of allylic oxidation sites excluding steroid dienone is 2. The standard InChI is InChI=1S/C10H20N2O.C8H14O.C7H13NO.C7H12O2.C6H13NO2S.C6H9NO.C6H12.C6H10.C5H9ClO.C5H9FO/c1-10(2,3)11-9(13)7-6-8-12(4)5;1-5-7(9)6-8(2,3)4;1-5-6(9)8-7(2,3)4;1-5(2)7(9)4-6(3)8;1-5-10(8,9)7-6(2,3)4;1-5(2)6(8)3-4-7;2*1-5-6(2,3)4;2*1-4(2)5(7)3-6/h6-7H,8H2,1-5H3,(H,11,13);5H,1,6H2,2-4H3;5H,1H2,2-4H3,(H,8,9);5H,4H2,1-3H3;5,7H,1H2,2-4H3;5H,3H2,1-2H3;5H,1H2,2-4H3;1H,2-4H3;2*4H,3H2,1-2H3/b7-6+;;;;;;;;;. The third-order valence-corrected chi connectivity index (χ3v) is 9.68. The molecule has 0 atom stereocenters. The van der Waals surface area contributed by atoms with E-state index in [1.54, 1.807) is 74.5 Å². The first-order valence-electron chi connectivity index (χ1n) is 27.8. The van der Waals surface area contributed by atoms with Gasteiger partial charge in [-0.1, -0.05) is 129 Å². The van der Waals surface area contributed by atoms with Crippen LogP contribution in [0, 0.1) is 63.6 Å². The van der Waals surface area contributed by atoms with E-state index in [4.69, 9.17) is 23.3 Å². The number of nitriles is 1. The van der Waals surface area contributed by atoms with Gasteiger partial charge in [0.1, 0.15) is 29.8 Å². The van der Waals surface area contributed by atoms with Gasteiger partial charge in [-0.05, 0) is 127 Å². The monoisotopic (exact) mass is 1230 g/mol. The summed E-state index contributed by atoms with van der Waals surface area (Å²) in [7, 11) is 0.665. The van der Waals surface area contributed by atoms with Gasteiger partial charge < -0.3 is 15.5 Å². The minimum atomic E-state index is -3.26. The Morgan fingerprint density at radius 1 is 0.631 bits per heavy atom. The Morgan fingerprint density at radius 3 is 1.11 bits per heavy atom. The smallest absolute Gasteiger partial charge is 0.244 e. The van der Waals surface area contributed by atoms with Crippen molar-refractivity contribution in [2.75, 3.05) is 33.2 Å². The third-order valence-electron chi connectivity index (χ3n) is 8.08. The number of sulfonamides is 1. The molecule has 0 saturated carbocycles. The zero-order valence-electron chi connectivity index (χ0n) is 58.1. The highest BCUT2D eigenvalue weighted by atomic mass is 35.5. The van der Waals surface area contributed by atoms with Gasteiger partial charge in [0.25, 0.3) is 0 Å². The van der Waals surface area contributed by atoms with E-state index in [0.717, 1.165) is 12.0 Å². The van der Waals surface area contributed by atoms with E-state index in [2.05, 4.69) is 68.4 Å². The van der Waals surface area contributed by atoms with E-state index in [1.807, 2.05) is 128 Å². The lowest BCUT2D eigenvalue weighted by Crippen LogP contribution is -2.39. The highest BCUT2D eigenvalue weighted by Crippen LogP contribution is 2.18. The van der Waals surface area contributed by atoms with Crippen molar-refractivity contribution in [2.45, 2.75) is 223 Å². The van der Waals surface area contributed by atoms with Crippen LogP contribution >= 0.6 is 11.6 Å². The lowest BCUT2D eigenvalue weighted by atomic mass is 9.90. The normalized spacial score (nSPS) is 10.8. The largest absolute Gasteiger partial charge is 0.348 e. The van der Waals surface area contributed by atoms with Crippen molar-refractivity contribution < 1.29 is 51.2 Å². The van der Waals surface area contributed by atoms with Crippen molar-refractivity contribution in [1.82, 2.24) is 20.3 Å². The molecular formula is C66H121ClFN5O10S. The fourth-order valence-electron chi connectivity index (χ4n) is 3.31. The maximum Gasteiger partial charge on any atom is 0.244 e. The molecule has 0 heterocycles. The molecule has 3 N–H and O–H groups in total. The molecule has 0 unspecified atom stereocenters. The number of carbonyl (C=O) groups is 8. The van der Waals surface area contributed by atoms with Gasteiger partial charge in [0.05, 0.1) is 24.8 Å². The molecule has 18 heteroatoms. The fraction of sp³-hybridized carbons (Fsp3) is 0.682. The molecule has 84 heavy (non-hydrogen) atoms. The SMILES string of the molecule is C#CC(C)(C)C.C=CC(=O)CC(C)(C)C.C=CC(=O)NC(C)(C)C.C=CC(C)(C)C.C=CS(=O)(=O)NC(C)(C)C.CC(=O)CC(=O)C(C)C.CC(C)C(=O)CC#N.CC(C)C(=O)CCl.CC(C)C(=O)CF.CN(C)C/C=C/C(=O)NC(C)(C)C. The maximum absolute atomic E-state index is 11.3. The number of carbonyl (C=O) groups excluding carboxylic acids is 8. The number of alkyl halides is 2. The fourth-order valence-corrected chi connectivity index (χ4v) is 4.55. The first-order valence-corrected chi connectivity index (χ1v) is 29.9. The summed E-state index contributed by atoms with van der Waals surface area (Å²) in [5.74, 6) is 2.47. The third kappa shape index (κ3) is 116. The molecule has 0 saturated heterocycles. The van der Waals surface area contributed by atoms with Gasteiger partial charge in [0.15, 0.2) is 11.6 Å². The van der Waals surface area contributed by atoms with Crippen LogP contribution in [-0.4, -0.2) is 110 Å². The molecule has 0 rings (SSSR count). The van der Waals surface area contributed by atoms with Gasteiger partial charge in [0.2, 0.25) is 21.8 Å². The lowest BCUT2D eigenvalue weighted by Gasteiger charge is -2.19. The Balaban J connectivity index is -0.0000000913. The van der Waals surface area contributed by atoms with Crippen LogP contribution in [0.5, 0.6) is 0 Å². The predicted octanol–water partition coefficient (Wildman–Crippen LogP) is 14.0. The zero-order chi connectivity index (χ0) is 70.0. The molecule has 0 aliphatic rings. The average molecular weight is 1230 g/mol. The predicted molar refractivity (Wildman–Crippen MR) is 355 cm³/mol. The van der Waals surface area contributed by atoms with E-state index < -0.39 is 22.2 Å². The van der Waals surface area contributed by atoms with Crippen molar-refractivity contribution in [3.8, 4) is 18.4 Å². The minimum Gasteiger partial charge on any atom is -0.348 e. The summed E-state index contributed by atoms with van der Waals surface area (Å²) in [6, 6.07) is 1.80. The second-order valence-corrected chi connectivity index (χ2v) is 28.6. The van der Waals surface area contributed by atoms with Gasteiger partial charge in [0, 0.05) is 70.2 Å². The van der Waals surface area contributed by atoms with Gasteiger partial charge in [-0.2, -0.15) is 5.26 Å². The first kappa shape index (κ1) is 101. The molecular weight excluding hydrogens is 1110 g/mol. The average Bonchev–Trinajstić information content (AvgIpc) is 3.29. The van der Waals surface area contributed by atoms with Crippen molar-refractivity contribution in [2.24, 2.45) is 39.9 Å². The molecule has 0 spiro atoms. The maximum atomic E-state index is 11.3. The van der Waals surface area contributed by atoms with Crippen LogP contribution in [0.2, 0.25) is 0 Å². The first-order chi connectivity index (χ1) is 37.2. The Morgan fingerprint density at radius 2 is 0.988 bits per heavy atom. The molecule has 0 fully saturated rings. The van der Waals surface area contributed by atoms with Crippen LogP contribution in [0.3, 0.4) is 0 Å². The van der Waals surface area contributed by atoms with Gasteiger partial charge in [-0.3, -0.25) is 38.4 Å². The Labute approximate surface area is 518 Å². The number of hydrogen-bond acceptors (Lipinski definition) is 12. The number of terminal acetylenes is 1. The molecule has 0 aromatic rings. The van der Waals surface area contributed by atoms with E-state index in [9.17, 15) is 51.2 Å². The molecule has 490 valence electrons. The number of ketones is 6. The summed E-state index contributed by atoms with van der Waals surface area (Å²) < 4.78 is 35.3. The van der Waals surface area contributed by atoms with Crippen LogP contribution < -0.4 is 15.4 Å². The molecule has 0 aromatic heterocycles. The molecule has 2 amide bonds. The van der Waals surface area contributed by atoms with Crippen LogP contribution in [0.4, 0.5) is 4.39 Å². The second-order valence-electron chi connectivity index (χ2n) is 26.7. The number of rotatable bonds is 17. The molecule has 0 aliphatic heterocycles. The quantitative estimate of drug-likeness (QED) is 0.0406. The molecule has 0 aromatic carbocycles. The van der Waals surface area contributed by atoms with Crippen LogP contribution in [0.15, 0.2) is 62.1 Å². The second kappa shape index (κ2) is 53.3.